The van der Waals surface area contributed by atoms with Gasteiger partial charge < -0.3 is 4.74 Å². The van der Waals surface area contributed by atoms with Crippen LogP contribution in [0.4, 0.5) is 0 Å². The first-order valence-corrected chi connectivity index (χ1v) is 8.70. The molecule has 0 bridgehead atoms. The summed E-state index contributed by atoms with van der Waals surface area (Å²) in [5.74, 6) is -0.0695. The van der Waals surface area contributed by atoms with Crippen molar-refractivity contribution >= 4 is 52.3 Å². The van der Waals surface area contributed by atoms with Crippen LogP contribution in [0, 0.1) is 4.91 Å². The van der Waals surface area contributed by atoms with Crippen LogP contribution in [0.1, 0.15) is 22.0 Å². The second-order valence-electron chi connectivity index (χ2n) is 4.20. The topological polar surface area (TPSA) is 55.7 Å². The van der Waals surface area contributed by atoms with Gasteiger partial charge in [-0.05, 0) is 18.2 Å². The number of benzene rings is 1. The second-order valence-corrected chi connectivity index (χ2v) is 7.55. The van der Waals surface area contributed by atoms with Crippen LogP contribution < -0.4 is 0 Å². The van der Waals surface area contributed by atoms with Crippen LogP contribution in [-0.4, -0.2) is 18.8 Å². The molecule has 22 heavy (non-hydrogen) atoms. The summed E-state index contributed by atoms with van der Waals surface area (Å²) in [5.41, 5.74) is 1.06. The van der Waals surface area contributed by atoms with Crippen LogP contribution in [0.5, 0.6) is 0 Å². The molecule has 0 amide bonds. The van der Waals surface area contributed by atoms with Crippen LogP contribution in [0.15, 0.2) is 40.4 Å². The maximum atomic E-state index is 11.7. The predicted molar refractivity (Wildman–Crippen MR) is 91.4 cm³/mol. The minimum atomic E-state index is -0.632. The summed E-state index contributed by atoms with van der Waals surface area (Å²) >= 11 is 14.5. The highest BCUT2D eigenvalue weighted by atomic mass is 35.5. The molecular formula is C14H11Cl2NO3S2. The molecule has 0 N–H and O–H groups in total. The lowest BCUT2D eigenvalue weighted by Crippen LogP contribution is -2.04. The molecular weight excluding hydrogens is 365 g/mol. The molecule has 0 aliphatic rings. The molecule has 0 aliphatic carbocycles. The van der Waals surface area contributed by atoms with Crippen molar-refractivity contribution < 1.29 is 9.53 Å². The van der Waals surface area contributed by atoms with E-state index in [4.69, 9.17) is 27.9 Å². The Morgan fingerprint density at radius 3 is 2.73 bits per heavy atom. The summed E-state index contributed by atoms with van der Waals surface area (Å²) < 4.78 is 5.71. The Morgan fingerprint density at radius 1 is 1.41 bits per heavy atom. The van der Waals surface area contributed by atoms with Crippen LogP contribution in [0.2, 0.25) is 8.67 Å². The molecule has 2 rings (SSSR count). The van der Waals surface area contributed by atoms with Gasteiger partial charge >= 0.3 is 5.97 Å². The molecule has 0 aliphatic heterocycles. The first-order chi connectivity index (χ1) is 10.6. The summed E-state index contributed by atoms with van der Waals surface area (Å²) in [6, 6.07) is 8.04. The number of esters is 1. The number of rotatable bonds is 6. The average Bonchev–Trinajstić information content (AvgIpc) is 2.86. The largest absolute Gasteiger partial charge is 0.465 e. The minimum absolute atomic E-state index is 0.351. The number of methoxy groups -OCH3 is 1. The van der Waals surface area contributed by atoms with Gasteiger partial charge in [0.1, 0.15) is 6.04 Å². The average molecular weight is 376 g/mol. The van der Waals surface area contributed by atoms with Crippen molar-refractivity contribution in [2.45, 2.75) is 10.9 Å². The van der Waals surface area contributed by atoms with Crippen molar-refractivity contribution in [1.82, 2.24) is 0 Å². The molecule has 0 saturated heterocycles. The van der Waals surface area contributed by atoms with Crippen molar-refractivity contribution in [2.75, 3.05) is 12.9 Å². The number of carbonyl (C=O) groups excluding carboxylic acids is 1. The van der Waals surface area contributed by atoms with E-state index in [2.05, 4.69) is 5.18 Å². The van der Waals surface area contributed by atoms with Crippen molar-refractivity contribution in [3.63, 3.8) is 0 Å². The molecule has 0 spiro atoms. The molecule has 1 atom stereocenters. The van der Waals surface area contributed by atoms with Crippen molar-refractivity contribution in [3.05, 3.63) is 55.0 Å². The van der Waals surface area contributed by atoms with E-state index in [1.54, 1.807) is 24.3 Å². The quantitative estimate of drug-likeness (QED) is 0.383. The second kappa shape index (κ2) is 7.97. The van der Waals surface area contributed by atoms with E-state index in [1.807, 2.05) is 6.07 Å². The number of carbonyl (C=O) groups is 1. The zero-order valence-corrected chi connectivity index (χ0v) is 14.6. The van der Waals surface area contributed by atoms with Crippen molar-refractivity contribution in [3.8, 4) is 0 Å². The maximum absolute atomic E-state index is 11.7. The number of ether oxygens (including phenoxy) is 1. The van der Waals surface area contributed by atoms with E-state index < -0.39 is 12.0 Å². The Kier molecular flexibility index (Phi) is 6.26. The fourth-order valence-electron chi connectivity index (χ4n) is 1.80. The number of nitrogens with zero attached hydrogens (tertiary/aromatic N) is 1. The van der Waals surface area contributed by atoms with Gasteiger partial charge in [0.25, 0.3) is 0 Å². The van der Waals surface area contributed by atoms with Crippen molar-refractivity contribution in [2.24, 2.45) is 5.18 Å². The molecule has 0 saturated carbocycles. The molecule has 1 aromatic heterocycles. The van der Waals surface area contributed by atoms with E-state index in [0.29, 0.717) is 25.6 Å². The van der Waals surface area contributed by atoms with E-state index in [0.717, 1.165) is 4.90 Å². The summed E-state index contributed by atoms with van der Waals surface area (Å²) in [4.78, 5) is 23.6. The number of thiophene rings is 1. The Hall–Kier alpha value is -1.08. The standard InChI is InChI=1S/C14H11Cl2NO3S2/c1-20-14(18)8-4-2-3-5-11(8)21-7-10(17-19)9-6-12(15)22-13(9)16/h2-6,10H,7H2,1H3. The third-order valence-corrected chi connectivity index (χ3v) is 5.53. The number of halogens is 2. The first-order valence-electron chi connectivity index (χ1n) is 6.14. The highest BCUT2D eigenvalue weighted by Crippen LogP contribution is 2.38. The maximum Gasteiger partial charge on any atom is 0.338 e. The molecule has 1 aromatic carbocycles. The highest BCUT2D eigenvalue weighted by Gasteiger charge is 2.20. The Bertz CT molecular complexity index is 690. The molecule has 8 heteroatoms. The zero-order valence-electron chi connectivity index (χ0n) is 11.4. The van der Waals surface area contributed by atoms with Gasteiger partial charge in [0, 0.05) is 16.2 Å². The predicted octanol–water partition coefficient (Wildman–Crippen LogP) is 5.44. The fourth-order valence-corrected chi connectivity index (χ4v) is 4.42. The summed E-state index contributed by atoms with van der Waals surface area (Å²) in [5, 5.41) is 3.12. The van der Waals surface area contributed by atoms with Gasteiger partial charge in [0.2, 0.25) is 0 Å². The zero-order chi connectivity index (χ0) is 16.1. The van der Waals surface area contributed by atoms with Gasteiger partial charge in [-0.1, -0.05) is 40.5 Å². The van der Waals surface area contributed by atoms with E-state index in [1.165, 1.54) is 30.2 Å². The fraction of sp³-hybridized carbons (Fsp3) is 0.214. The highest BCUT2D eigenvalue weighted by molar-refractivity contribution is 7.99. The molecule has 0 radical (unpaired) electrons. The lowest BCUT2D eigenvalue weighted by Gasteiger charge is -2.10. The Morgan fingerprint density at radius 2 is 2.14 bits per heavy atom. The minimum Gasteiger partial charge on any atom is -0.465 e. The molecule has 2 aromatic rings. The third-order valence-electron chi connectivity index (χ3n) is 2.86. The van der Waals surface area contributed by atoms with Gasteiger partial charge in [-0.2, -0.15) is 4.91 Å². The van der Waals surface area contributed by atoms with E-state index in [9.17, 15) is 9.70 Å². The van der Waals surface area contributed by atoms with Gasteiger partial charge in [-0.3, -0.25) is 0 Å². The Labute approximate surface area is 145 Å². The molecule has 4 nitrogen and oxygen atoms in total. The Balaban J connectivity index is 2.16. The summed E-state index contributed by atoms with van der Waals surface area (Å²) in [6.07, 6.45) is 0. The van der Waals surface area contributed by atoms with Gasteiger partial charge in [-0.25, -0.2) is 4.79 Å². The van der Waals surface area contributed by atoms with Crippen LogP contribution in [-0.2, 0) is 4.74 Å². The molecule has 1 heterocycles. The number of hydrogen-bond acceptors (Lipinski definition) is 6. The normalized spacial score (nSPS) is 12.0. The van der Waals surface area contributed by atoms with Crippen LogP contribution >= 0.6 is 46.3 Å². The van der Waals surface area contributed by atoms with Crippen LogP contribution in [0.3, 0.4) is 0 Å². The molecule has 116 valence electrons. The SMILES string of the molecule is COC(=O)c1ccccc1SCC(N=O)c1cc(Cl)sc1Cl. The monoisotopic (exact) mass is 375 g/mol. The first kappa shape index (κ1) is 17.3. The van der Waals surface area contributed by atoms with Gasteiger partial charge in [-0.15, -0.1) is 23.1 Å². The lowest BCUT2D eigenvalue weighted by atomic mass is 10.2. The van der Waals surface area contributed by atoms with E-state index >= 15 is 0 Å². The molecule has 0 fully saturated rings. The molecule has 1 unspecified atom stereocenters. The van der Waals surface area contributed by atoms with Crippen molar-refractivity contribution in [1.29, 1.82) is 0 Å². The number of hydrogen-bond donors (Lipinski definition) is 0. The summed E-state index contributed by atoms with van der Waals surface area (Å²) in [6.45, 7) is 0. The lowest BCUT2D eigenvalue weighted by molar-refractivity contribution is 0.0597. The van der Waals surface area contributed by atoms with Gasteiger partial charge in [0.15, 0.2) is 0 Å². The summed E-state index contributed by atoms with van der Waals surface area (Å²) in [7, 11) is 1.33. The third kappa shape index (κ3) is 4.01. The van der Waals surface area contributed by atoms with E-state index in [-0.39, 0.29) is 0 Å². The number of thioether (sulfide) groups is 1. The van der Waals surface area contributed by atoms with Crippen LogP contribution in [0.25, 0.3) is 0 Å². The smallest absolute Gasteiger partial charge is 0.338 e. The van der Waals surface area contributed by atoms with Gasteiger partial charge in [0.05, 0.1) is 21.3 Å². The number of nitroso groups, excluding NO2 is 1.